The first-order valence-corrected chi connectivity index (χ1v) is 5.11. The fraction of sp³-hybridized carbons (Fsp3) is 0.444. The Balaban J connectivity index is 2.70. The van der Waals surface area contributed by atoms with Gasteiger partial charge in [-0.05, 0) is 0 Å². The summed E-state index contributed by atoms with van der Waals surface area (Å²) in [4.78, 5) is 56.2. The third-order valence-corrected chi connectivity index (χ3v) is 2.24. The monoisotopic (exact) mass is 273 g/mol. The number of urea groups is 1. The Kier molecular flexibility index (Phi) is 4.40. The average molecular weight is 273 g/mol. The van der Waals surface area contributed by atoms with Gasteiger partial charge in [-0.1, -0.05) is 0 Å². The summed E-state index contributed by atoms with van der Waals surface area (Å²) in [6.45, 7) is -2.58. The lowest BCUT2D eigenvalue weighted by Crippen LogP contribution is -2.46. The highest BCUT2D eigenvalue weighted by Gasteiger charge is 2.32. The van der Waals surface area contributed by atoms with Gasteiger partial charge >= 0.3 is 18.0 Å². The van der Waals surface area contributed by atoms with E-state index in [0.717, 1.165) is 0 Å². The molecule has 3 N–H and O–H groups in total. The van der Waals surface area contributed by atoms with Crippen molar-refractivity contribution in [2.45, 2.75) is 0 Å². The Hall–Kier alpha value is -2.65. The minimum atomic E-state index is -1.40. The Morgan fingerprint density at radius 2 is 1.68 bits per heavy atom. The molecule has 0 aliphatic carbocycles. The van der Waals surface area contributed by atoms with Crippen molar-refractivity contribution in [2.24, 2.45) is 0 Å². The van der Waals surface area contributed by atoms with E-state index in [1.54, 1.807) is 0 Å². The standard InChI is InChI=1S/C9H11N3O7/c13-5-1-10-9(19)12(5)2-6(14)11(3-7(15)16)4-8(17)18/h1-4H2,(H,10,19)(H,15,16)(H,17,18). The third kappa shape index (κ3) is 3.94. The molecule has 0 radical (unpaired) electrons. The molecule has 10 heteroatoms. The summed E-state index contributed by atoms with van der Waals surface area (Å²) in [5.74, 6) is -4.36. The molecule has 0 unspecified atom stereocenters. The Morgan fingerprint density at radius 3 is 2.05 bits per heavy atom. The first kappa shape index (κ1) is 14.4. The van der Waals surface area contributed by atoms with E-state index in [2.05, 4.69) is 5.32 Å². The molecule has 1 heterocycles. The number of carbonyl (C=O) groups is 5. The zero-order valence-corrected chi connectivity index (χ0v) is 9.66. The number of amides is 4. The fourth-order valence-electron chi connectivity index (χ4n) is 1.41. The maximum Gasteiger partial charge on any atom is 0.325 e. The van der Waals surface area contributed by atoms with Crippen LogP contribution in [0.3, 0.4) is 0 Å². The van der Waals surface area contributed by atoms with E-state index in [4.69, 9.17) is 10.2 Å². The fourth-order valence-corrected chi connectivity index (χ4v) is 1.41. The van der Waals surface area contributed by atoms with Crippen LogP contribution in [0, 0.1) is 0 Å². The van der Waals surface area contributed by atoms with Crippen molar-refractivity contribution in [1.82, 2.24) is 15.1 Å². The minimum Gasteiger partial charge on any atom is -0.480 e. The summed E-state index contributed by atoms with van der Waals surface area (Å²) >= 11 is 0. The molecule has 1 rings (SSSR count). The average Bonchev–Trinajstić information content (AvgIpc) is 2.58. The van der Waals surface area contributed by atoms with Gasteiger partial charge in [0.15, 0.2) is 0 Å². The molecule has 0 saturated carbocycles. The number of rotatable bonds is 6. The number of hydrogen-bond acceptors (Lipinski definition) is 5. The normalized spacial score (nSPS) is 14.2. The molecular weight excluding hydrogens is 262 g/mol. The molecule has 104 valence electrons. The zero-order chi connectivity index (χ0) is 14.6. The van der Waals surface area contributed by atoms with Crippen molar-refractivity contribution in [3.63, 3.8) is 0 Å². The molecule has 1 aliphatic heterocycles. The smallest absolute Gasteiger partial charge is 0.325 e. The minimum absolute atomic E-state index is 0.246. The van der Waals surface area contributed by atoms with Crippen LogP contribution in [0.5, 0.6) is 0 Å². The first-order valence-electron chi connectivity index (χ1n) is 5.11. The van der Waals surface area contributed by atoms with Crippen molar-refractivity contribution in [1.29, 1.82) is 0 Å². The molecule has 0 atom stereocenters. The lowest BCUT2D eigenvalue weighted by atomic mass is 10.4. The molecule has 4 amide bonds. The van der Waals surface area contributed by atoms with E-state index in [0.29, 0.717) is 9.80 Å². The summed E-state index contributed by atoms with van der Waals surface area (Å²) in [5, 5.41) is 19.3. The summed E-state index contributed by atoms with van der Waals surface area (Å²) in [6.07, 6.45) is 0. The number of carbonyl (C=O) groups excluding carboxylic acids is 3. The van der Waals surface area contributed by atoms with E-state index in [9.17, 15) is 24.0 Å². The van der Waals surface area contributed by atoms with Gasteiger partial charge in [0.05, 0.1) is 6.54 Å². The molecule has 0 aromatic heterocycles. The van der Waals surface area contributed by atoms with Crippen LogP contribution in [0.25, 0.3) is 0 Å². The molecule has 0 aromatic rings. The quantitative estimate of drug-likeness (QED) is 0.455. The lowest BCUT2D eigenvalue weighted by molar-refractivity contribution is -0.149. The Morgan fingerprint density at radius 1 is 1.16 bits per heavy atom. The molecule has 0 aromatic carbocycles. The highest BCUT2D eigenvalue weighted by molar-refractivity contribution is 6.04. The number of imide groups is 1. The van der Waals surface area contributed by atoms with E-state index in [1.807, 2.05) is 0 Å². The van der Waals surface area contributed by atoms with Crippen molar-refractivity contribution in [2.75, 3.05) is 26.2 Å². The van der Waals surface area contributed by atoms with Gasteiger partial charge < -0.3 is 20.4 Å². The van der Waals surface area contributed by atoms with Gasteiger partial charge in [0.25, 0.3) is 5.91 Å². The molecule has 10 nitrogen and oxygen atoms in total. The van der Waals surface area contributed by atoms with Crippen LogP contribution in [0.4, 0.5) is 4.79 Å². The van der Waals surface area contributed by atoms with Crippen molar-refractivity contribution >= 4 is 29.8 Å². The molecule has 1 aliphatic rings. The van der Waals surface area contributed by atoms with Crippen LogP contribution in [0.1, 0.15) is 0 Å². The summed E-state index contributed by atoms with van der Waals surface area (Å²) < 4.78 is 0. The van der Waals surface area contributed by atoms with E-state index >= 15 is 0 Å². The number of nitrogens with one attached hydrogen (secondary N) is 1. The summed E-state index contributed by atoms with van der Waals surface area (Å²) in [5.41, 5.74) is 0. The number of nitrogens with zero attached hydrogens (tertiary/aromatic N) is 2. The van der Waals surface area contributed by atoms with Crippen LogP contribution in [0.2, 0.25) is 0 Å². The topological polar surface area (TPSA) is 144 Å². The molecule has 19 heavy (non-hydrogen) atoms. The van der Waals surface area contributed by atoms with Gasteiger partial charge in [-0.15, -0.1) is 0 Å². The largest absolute Gasteiger partial charge is 0.480 e. The molecule has 0 bridgehead atoms. The maximum absolute atomic E-state index is 11.7. The van der Waals surface area contributed by atoms with E-state index in [1.165, 1.54) is 0 Å². The van der Waals surface area contributed by atoms with Crippen LogP contribution in [0.15, 0.2) is 0 Å². The molecular formula is C9H11N3O7. The van der Waals surface area contributed by atoms with Crippen LogP contribution in [-0.2, 0) is 19.2 Å². The second kappa shape index (κ2) is 5.80. The lowest BCUT2D eigenvalue weighted by Gasteiger charge is -2.20. The second-order valence-electron chi connectivity index (χ2n) is 3.68. The van der Waals surface area contributed by atoms with Gasteiger partial charge in [-0.3, -0.25) is 24.1 Å². The van der Waals surface area contributed by atoms with Crippen molar-refractivity contribution in [3.05, 3.63) is 0 Å². The number of carboxylic acid groups (broad SMARTS) is 2. The van der Waals surface area contributed by atoms with Crippen molar-refractivity contribution in [3.8, 4) is 0 Å². The zero-order valence-electron chi connectivity index (χ0n) is 9.66. The highest BCUT2D eigenvalue weighted by Crippen LogP contribution is 2.01. The van der Waals surface area contributed by atoms with E-state index < -0.39 is 49.4 Å². The van der Waals surface area contributed by atoms with Crippen LogP contribution >= 0.6 is 0 Å². The molecule has 1 saturated heterocycles. The van der Waals surface area contributed by atoms with Crippen molar-refractivity contribution < 1.29 is 34.2 Å². The predicted molar refractivity (Wildman–Crippen MR) is 57.0 cm³/mol. The van der Waals surface area contributed by atoms with Gasteiger partial charge in [0.1, 0.15) is 19.6 Å². The predicted octanol–water partition coefficient (Wildman–Crippen LogP) is -2.46. The second-order valence-corrected chi connectivity index (χ2v) is 3.68. The van der Waals surface area contributed by atoms with Gasteiger partial charge in [-0.25, -0.2) is 4.79 Å². The first-order chi connectivity index (χ1) is 8.81. The third-order valence-electron chi connectivity index (χ3n) is 2.24. The number of aliphatic carboxylic acids is 2. The van der Waals surface area contributed by atoms with Crippen LogP contribution < -0.4 is 5.32 Å². The maximum atomic E-state index is 11.7. The number of carboxylic acids is 2. The highest BCUT2D eigenvalue weighted by atomic mass is 16.4. The Bertz CT molecular complexity index is 415. The van der Waals surface area contributed by atoms with Gasteiger partial charge in [0, 0.05) is 0 Å². The summed E-state index contributed by atoms with van der Waals surface area (Å²) in [7, 11) is 0. The van der Waals surface area contributed by atoms with Gasteiger partial charge in [-0.2, -0.15) is 0 Å². The van der Waals surface area contributed by atoms with Crippen LogP contribution in [-0.4, -0.2) is 76.0 Å². The van der Waals surface area contributed by atoms with Gasteiger partial charge in [0.2, 0.25) is 5.91 Å². The summed E-state index contributed by atoms with van der Waals surface area (Å²) in [6, 6.07) is -0.774. The molecule has 0 spiro atoms. The molecule has 1 fully saturated rings. The Labute approximate surface area is 106 Å². The van der Waals surface area contributed by atoms with E-state index in [-0.39, 0.29) is 6.54 Å². The SMILES string of the molecule is O=C(O)CN(CC(=O)O)C(=O)CN1C(=O)CNC1=O. The number of hydrogen-bond donors (Lipinski definition) is 3.